The van der Waals surface area contributed by atoms with Crippen molar-refractivity contribution < 1.29 is 9.72 Å². The molecule has 0 saturated heterocycles. The van der Waals surface area contributed by atoms with Gasteiger partial charge in [-0.25, -0.2) is 4.98 Å². The molecule has 0 amide bonds. The number of thioether (sulfide) groups is 1. The zero-order valence-electron chi connectivity index (χ0n) is 15.8. The number of hydrogen-bond donors (Lipinski definition) is 2. The van der Waals surface area contributed by atoms with Gasteiger partial charge >= 0.3 is 0 Å². The van der Waals surface area contributed by atoms with E-state index in [2.05, 4.69) is 22.2 Å². The molecule has 0 unspecified atom stereocenters. The number of allylic oxidation sites excluding steroid dienone is 2. The first-order valence-electron chi connectivity index (χ1n) is 9.50. The number of aromatic amines is 1. The zero-order valence-corrected chi connectivity index (χ0v) is 16.6. The summed E-state index contributed by atoms with van der Waals surface area (Å²) in [5.41, 5.74) is 1.51. The third kappa shape index (κ3) is 3.57. The van der Waals surface area contributed by atoms with Crippen LogP contribution in [-0.4, -0.2) is 26.4 Å². The fourth-order valence-corrected chi connectivity index (χ4v) is 4.62. The lowest BCUT2D eigenvalue weighted by molar-refractivity contribution is -0.384. The second kappa shape index (κ2) is 7.82. The molecule has 2 atom stereocenters. The van der Waals surface area contributed by atoms with Gasteiger partial charge < -0.3 is 10.3 Å². The van der Waals surface area contributed by atoms with E-state index >= 15 is 0 Å². The highest BCUT2D eigenvalue weighted by molar-refractivity contribution is 7.99. The molecule has 1 aromatic carbocycles. The lowest BCUT2D eigenvalue weighted by Gasteiger charge is -2.36. The molecule has 9 heteroatoms. The summed E-state index contributed by atoms with van der Waals surface area (Å²) < 4.78 is 0. The number of aromatic nitrogens is 2. The fraction of sp³-hybridized carbons (Fsp3) is 0.350. The molecule has 2 N–H and O–H groups in total. The van der Waals surface area contributed by atoms with Gasteiger partial charge in [-0.2, -0.15) is 0 Å². The number of fused-ring (bicyclic) bond motifs is 2. The van der Waals surface area contributed by atoms with Crippen molar-refractivity contribution in [1.82, 2.24) is 9.97 Å². The monoisotopic (exact) mass is 412 g/mol. The van der Waals surface area contributed by atoms with E-state index in [-0.39, 0.29) is 17.0 Å². The Bertz CT molecular complexity index is 1060. The Balaban J connectivity index is 1.86. The Morgan fingerprint density at radius 2 is 2.00 bits per heavy atom. The summed E-state index contributed by atoms with van der Waals surface area (Å²) in [4.78, 5) is 43.7. The smallest absolute Gasteiger partial charge is 0.269 e. The van der Waals surface area contributed by atoms with Gasteiger partial charge in [0.15, 0.2) is 5.16 Å². The van der Waals surface area contributed by atoms with Crippen LogP contribution in [0.1, 0.15) is 43.2 Å². The van der Waals surface area contributed by atoms with Crippen molar-refractivity contribution in [2.45, 2.75) is 37.3 Å². The highest BCUT2D eigenvalue weighted by atomic mass is 32.2. The number of H-pyrrole nitrogens is 1. The molecule has 0 bridgehead atoms. The van der Waals surface area contributed by atoms with Gasteiger partial charge in [0.2, 0.25) is 0 Å². The number of carbonyl (C=O) groups is 1. The number of nitrogens with one attached hydrogen (secondary N) is 2. The third-order valence-corrected chi connectivity index (χ3v) is 6.26. The highest BCUT2D eigenvalue weighted by Gasteiger charge is 2.42. The summed E-state index contributed by atoms with van der Waals surface area (Å²) in [7, 11) is 0. The van der Waals surface area contributed by atoms with Gasteiger partial charge in [0.05, 0.1) is 16.4 Å². The Kier molecular flexibility index (Phi) is 5.23. The minimum atomic E-state index is -0.535. The van der Waals surface area contributed by atoms with Gasteiger partial charge in [0.25, 0.3) is 11.2 Å². The maximum Gasteiger partial charge on any atom is 0.269 e. The van der Waals surface area contributed by atoms with Crippen molar-refractivity contribution in [2.24, 2.45) is 5.92 Å². The van der Waals surface area contributed by atoms with Crippen LogP contribution in [0.4, 0.5) is 11.5 Å². The molecule has 150 valence electrons. The zero-order chi connectivity index (χ0) is 20.5. The summed E-state index contributed by atoms with van der Waals surface area (Å²) in [5.74, 6) is 0.278. The van der Waals surface area contributed by atoms with Gasteiger partial charge in [-0.05, 0) is 18.4 Å². The molecule has 4 rings (SSSR count). The van der Waals surface area contributed by atoms with Crippen LogP contribution in [0.2, 0.25) is 0 Å². The maximum absolute atomic E-state index is 13.0. The van der Waals surface area contributed by atoms with Crippen LogP contribution in [-0.2, 0) is 4.79 Å². The SMILES string of the molecule is CCCSc1nc2c(c(=O)[nH]1)[C@@H](c1ccc([N+](=O)[O-])cc1)[C@@H]1C(=O)CCC=C1N2. The molecule has 1 aliphatic heterocycles. The van der Waals surface area contributed by atoms with Crippen molar-refractivity contribution in [3.8, 4) is 0 Å². The lowest BCUT2D eigenvalue weighted by atomic mass is 9.72. The molecule has 8 nitrogen and oxygen atoms in total. The third-order valence-electron chi connectivity index (χ3n) is 5.18. The number of nitro benzene ring substituents is 1. The second-order valence-corrected chi connectivity index (χ2v) is 8.16. The normalized spacial score (nSPS) is 20.3. The minimum absolute atomic E-state index is 0.0352. The van der Waals surface area contributed by atoms with E-state index in [1.807, 2.05) is 6.08 Å². The fourth-order valence-electron chi connectivity index (χ4n) is 3.90. The Hall–Kier alpha value is -2.94. The molecule has 29 heavy (non-hydrogen) atoms. The van der Waals surface area contributed by atoms with Crippen LogP contribution in [0.25, 0.3) is 0 Å². The lowest BCUT2D eigenvalue weighted by Crippen LogP contribution is -2.38. The van der Waals surface area contributed by atoms with E-state index in [1.54, 1.807) is 12.1 Å². The van der Waals surface area contributed by atoms with Crippen molar-refractivity contribution in [2.75, 3.05) is 11.1 Å². The van der Waals surface area contributed by atoms with Gasteiger partial charge in [0, 0.05) is 35.9 Å². The molecule has 2 heterocycles. The summed E-state index contributed by atoms with van der Waals surface area (Å²) in [6, 6.07) is 6.05. The molecule has 0 saturated carbocycles. The summed E-state index contributed by atoms with van der Waals surface area (Å²) in [5, 5.41) is 14.7. The van der Waals surface area contributed by atoms with E-state index in [9.17, 15) is 19.7 Å². The van der Waals surface area contributed by atoms with Gasteiger partial charge in [0.1, 0.15) is 11.6 Å². The predicted molar refractivity (Wildman–Crippen MR) is 110 cm³/mol. The molecule has 0 fully saturated rings. The van der Waals surface area contributed by atoms with Crippen molar-refractivity contribution in [1.29, 1.82) is 0 Å². The summed E-state index contributed by atoms with van der Waals surface area (Å²) in [6.45, 7) is 2.05. The molecule has 2 aromatic rings. The van der Waals surface area contributed by atoms with E-state index in [1.165, 1.54) is 23.9 Å². The average Bonchev–Trinajstić information content (AvgIpc) is 2.71. The van der Waals surface area contributed by atoms with Crippen molar-refractivity contribution >= 4 is 29.1 Å². The topological polar surface area (TPSA) is 118 Å². The average molecular weight is 412 g/mol. The number of hydrogen-bond acceptors (Lipinski definition) is 7. The van der Waals surface area contributed by atoms with E-state index in [4.69, 9.17) is 0 Å². The first kappa shape index (κ1) is 19.4. The number of carbonyl (C=O) groups excluding carboxylic acids is 1. The standard InChI is InChI=1S/C20H20N4O4S/c1-2-10-29-20-22-18-17(19(26)23-20)15(11-6-8-12(9-7-11)24(27)28)16-13(21-18)4-3-5-14(16)25/h4,6-9,15-16H,2-3,5,10H2,1H3,(H2,21,22,23,26)/t15-,16-/m0/s1. The van der Waals surface area contributed by atoms with Gasteiger partial charge in [-0.15, -0.1) is 0 Å². The number of nitrogens with zero attached hydrogens (tertiary/aromatic N) is 2. The number of nitro groups is 1. The van der Waals surface area contributed by atoms with E-state index in [0.29, 0.717) is 34.9 Å². The quantitative estimate of drug-likeness (QED) is 0.333. The van der Waals surface area contributed by atoms with Gasteiger partial charge in [-0.1, -0.05) is 36.9 Å². The number of non-ortho nitro benzene ring substituents is 1. The molecule has 2 aliphatic rings. The Labute approximate surface area is 171 Å². The van der Waals surface area contributed by atoms with Crippen LogP contribution in [0, 0.1) is 16.0 Å². The number of rotatable bonds is 5. The van der Waals surface area contributed by atoms with Crippen LogP contribution in [0.3, 0.4) is 0 Å². The van der Waals surface area contributed by atoms with Crippen molar-refractivity contribution in [3.63, 3.8) is 0 Å². The second-order valence-electron chi connectivity index (χ2n) is 7.08. The molecule has 1 aliphatic carbocycles. The number of anilines is 1. The number of ketones is 1. The molecule has 1 aromatic heterocycles. The number of benzene rings is 1. The first-order chi connectivity index (χ1) is 14.0. The highest BCUT2D eigenvalue weighted by Crippen LogP contribution is 2.45. The summed E-state index contributed by atoms with van der Waals surface area (Å²) in [6.07, 6.45) is 3.98. The van der Waals surface area contributed by atoms with E-state index < -0.39 is 16.8 Å². The summed E-state index contributed by atoms with van der Waals surface area (Å²) >= 11 is 1.47. The molecular formula is C20H20N4O4S. The maximum atomic E-state index is 13.0. The molecule has 0 spiro atoms. The Morgan fingerprint density at radius 1 is 1.24 bits per heavy atom. The van der Waals surface area contributed by atoms with Crippen molar-refractivity contribution in [3.05, 3.63) is 67.6 Å². The van der Waals surface area contributed by atoms with Crippen LogP contribution in [0.5, 0.6) is 0 Å². The number of Topliss-reactive ketones (excluding diaryl/α,β-unsaturated/α-hetero) is 1. The molecule has 0 radical (unpaired) electrons. The van der Waals surface area contributed by atoms with Gasteiger partial charge in [-0.3, -0.25) is 19.7 Å². The molecular weight excluding hydrogens is 392 g/mol. The Morgan fingerprint density at radius 3 is 2.69 bits per heavy atom. The van der Waals surface area contributed by atoms with Crippen LogP contribution < -0.4 is 10.9 Å². The van der Waals surface area contributed by atoms with Crippen LogP contribution >= 0.6 is 11.8 Å². The van der Waals surface area contributed by atoms with E-state index in [0.717, 1.165) is 17.9 Å². The minimum Gasteiger partial charge on any atom is -0.343 e. The largest absolute Gasteiger partial charge is 0.343 e. The predicted octanol–water partition coefficient (Wildman–Crippen LogP) is 3.60. The van der Waals surface area contributed by atoms with Crippen LogP contribution in [0.15, 0.2) is 46.0 Å². The first-order valence-corrected chi connectivity index (χ1v) is 10.5.